The van der Waals surface area contributed by atoms with Crippen LogP contribution in [0.2, 0.25) is 0 Å². The largest absolute Gasteiger partial charge is 0.491 e. The summed E-state index contributed by atoms with van der Waals surface area (Å²) in [5, 5.41) is 2.87. The van der Waals surface area contributed by atoms with E-state index in [-0.39, 0.29) is 30.2 Å². The summed E-state index contributed by atoms with van der Waals surface area (Å²) in [6.07, 6.45) is 1.91. The lowest BCUT2D eigenvalue weighted by atomic mass is 9.88. The number of benzene rings is 2. The third-order valence-corrected chi connectivity index (χ3v) is 4.36. The Morgan fingerprint density at radius 1 is 1.04 bits per heavy atom. The smallest absolute Gasteiger partial charge is 0.221 e. The third kappa shape index (κ3) is 5.46. The van der Waals surface area contributed by atoms with E-state index in [0.29, 0.717) is 12.3 Å². The van der Waals surface area contributed by atoms with E-state index in [1.54, 1.807) is 24.5 Å². The highest BCUT2D eigenvalue weighted by atomic mass is 19.1. The molecular weight excluding hydrogens is 357 g/mol. The van der Waals surface area contributed by atoms with E-state index in [9.17, 15) is 9.18 Å². The Hall–Kier alpha value is -3.08. The quantitative estimate of drug-likeness (QED) is 0.594. The van der Waals surface area contributed by atoms with Gasteiger partial charge in [-0.2, -0.15) is 0 Å². The molecule has 1 atom stereocenters. The van der Waals surface area contributed by atoms with Crippen molar-refractivity contribution in [3.05, 3.63) is 89.6 Å². The van der Waals surface area contributed by atoms with Gasteiger partial charge >= 0.3 is 0 Å². The van der Waals surface area contributed by atoms with Crippen molar-refractivity contribution in [2.24, 2.45) is 0 Å². The first kappa shape index (κ1) is 19.7. The number of carbonyl (C=O) groups is 1. The first-order valence-corrected chi connectivity index (χ1v) is 9.32. The Morgan fingerprint density at radius 2 is 1.68 bits per heavy atom. The first-order chi connectivity index (χ1) is 13.5. The van der Waals surface area contributed by atoms with Crippen LogP contribution in [0.25, 0.3) is 0 Å². The molecule has 0 unspecified atom stereocenters. The number of furan rings is 1. The van der Waals surface area contributed by atoms with E-state index in [1.165, 1.54) is 12.1 Å². The van der Waals surface area contributed by atoms with Gasteiger partial charge in [0.1, 0.15) is 17.3 Å². The van der Waals surface area contributed by atoms with Crippen LogP contribution in [0.4, 0.5) is 4.39 Å². The molecule has 0 aliphatic heterocycles. The third-order valence-electron chi connectivity index (χ3n) is 4.36. The van der Waals surface area contributed by atoms with Gasteiger partial charge in [-0.25, -0.2) is 4.39 Å². The predicted molar refractivity (Wildman–Crippen MR) is 106 cm³/mol. The maximum atomic E-state index is 13.4. The van der Waals surface area contributed by atoms with Gasteiger partial charge in [0.15, 0.2) is 0 Å². The molecule has 3 rings (SSSR count). The van der Waals surface area contributed by atoms with E-state index in [2.05, 4.69) is 5.32 Å². The molecule has 5 heteroatoms. The van der Waals surface area contributed by atoms with Crippen LogP contribution in [0.3, 0.4) is 0 Å². The summed E-state index contributed by atoms with van der Waals surface area (Å²) >= 11 is 0. The number of hydrogen-bond donors (Lipinski definition) is 1. The van der Waals surface area contributed by atoms with Crippen LogP contribution in [0, 0.1) is 5.82 Å². The van der Waals surface area contributed by atoms with Crippen LogP contribution in [-0.2, 0) is 11.3 Å². The van der Waals surface area contributed by atoms with E-state index in [0.717, 1.165) is 16.9 Å². The minimum Gasteiger partial charge on any atom is -0.491 e. The normalized spacial score (nSPS) is 12.0. The van der Waals surface area contributed by atoms with E-state index >= 15 is 0 Å². The molecule has 0 radical (unpaired) electrons. The van der Waals surface area contributed by atoms with Crippen molar-refractivity contribution >= 4 is 5.91 Å². The van der Waals surface area contributed by atoms with Crippen LogP contribution in [0.1, 0.15) is 43.1 Å². The van der Waals surface area contributed by atoms with Crippen LogP contribution in [0.15, 0.2) is 71.3 Å². The van der Waals surface area contributed by atoms with Gasteiger partial charge in [-0.05, 0) is 61.4 Å². The second-order valence-corrected chi connectivity index (χ2v) is 6.90. The highest BCUT2D eigenvalue weighted by molar-refractivity contribution is 5.77. The van der Waals surface area contributed by atoms with Gasteiger partial charge in [0, 0.05) is 12.3 Å². The molecular formula is C23H24FNO3. The minimum atomic E-state index is -0.301. The van der Waals surface area contributed by atoms with Crippen molar-refractivity contribution in [1.82, 2.24) is 5.32 Å². The van der Waals surface area contributed by atoms with Crippen LogP contribution < -0.4 is 10.1 Å². The van der Waals surface area contributed by atoms with Crippen molar-refractivity contribution in [1.29, 1.82) is 0 Å². The Labute approximate surface area is 164 Å². The fourth-order valence-corrected chi connectivity index (χ4v) is 3.03. The summed E-state index contributed by atoms with van der Waals surface area (Å²) < 4.78 is 24.3. The SMILES string of the molecule is CC(C)Oc1ccc([C@H](CC(=O)NCc2ccco2)c2ccc(F)cc2)cc1. The number of hydrogen-bond acceptors (Lipinski definition) is 3. The molecule has 0 saturated carbocycles. The molecule has 0 fully saturated rings. The van der Waals surface area contributed by atoms with Crippen molar-refractivity contribution in [2.75, 3.05) is 0 Å². The zero-order valence-corrected chi connectivity index (χ0v) is 16.0. The molecule has 2 aromatic carbocycles. The van der Waals surface area contributed by atoms with E-state index in [1.807, 2.05) is 44.2 Å². The number of nitrogens with one attached hydrogen (secondary N) is 1. The highest BCUT2D eigenvalue weighted by Gasteiger charge is 2.19. The Balaban J connectivity index is 1.76. The Morgan fingerprint density at radius 3 is 2.25 bits per heavy atom. The van der Waals surface area contributed by atoms with Crippen molar-refractivity contribution in [2.45, 2.75) is 38.8 Å². The summed E-state index contributed by atoms with van der Waals surface area (Å²) in [7, 11) is 0. The van der Waals surface area contributed by atoms with Gasteiger partial charge in [-0.1, -0.05) is 24.3 Å². The average Bonchev–Trinajstić information content (AvgIpc) is 3.19. The molecule has 3 aromatic rings. The van der Waals surface area contributed by atoms with E-state index in [4.69, 9.17) is 9.15 Å². The summed E-state index contributed by atoms with van der Waals surface area (Å²) in [5.74, 6) is 0.879. The van der Waals surface area contributed by atoms with Crippen molar-refractivity contribution < 1.29 is 18.3 Å². The number of ether oxygens (including phenoxy) is 1. The molecule has 1 aromatic heterocycles. The fraction of sp³-hybridized carbons (Fsp3) is 0.261. The lowest BCUT2D eigenvalue weighted by molar-refractivity contribution is -0.121. The zero-order chi connectivity index (χ0) is 19.9. The molecule has 0 aliphatic rings. The zero-order valence-electron chi connectivity index (χ0n) is 16.0. The summed E-state index contributed by atoms with van der Waals surface area (Å²) in [6.45, 7) is 4.28. The number of amides is 1. The Kier molecular flexibility index (Phi) is 6.48. The molecule has 0 spiro atoms. The molecule has 1 heterocycles. The summed E-state index contributed by atoms with van der Waals surface area (Å²) in [6, 6.07) is 17.6. The van der Waals surface area contributed by atoms with Crippen LogP contribution in [0.5, 0.6) is 5.75 Å². The maximum Gasteiger partial charge on any atom is 0.221 e. The molecule has 0 aliphatic carbocycles. The maximum absolute atomic E-state index is 13.4. The minimum absolute atomic E-state index is 0.0890. The second-order valence-electron chi connectivity index (χ2n) is 6.90. The molecule has 0 saturated heterocycles. The van der Waals surface area contributed by atoms with Crippen LogP contribution in [-0.4, -0.2) is 12.0 Å². The van der Waals surface area contributed by atoms with Gasteiger partial charge in [0.05, 0.1) is 18.9 Å². The van der Waals surface area contributed by atoms with Gasteiger partial charge in [0.25, 0.3) is 0 Å². The molecule has 146 valence electrons. The van der Waals surface area contributed by atoms with Gasteiger partial charge in [-0.15, -0.1) is 0 Å². The molecule has 1 N–H and O–H groups in total. The molecule has 4 nitrogen and oxygen atoms in total. The van der Waals surface area contributed by atoms with E-state index < -0.39 is 0 Å². The lowest BCUT2D eigenvalue weighted by Crippen LogP contribution is -2.24. The second kappa shape index (κ2) is 9.22. The standard InChI is InChI=1S/C23H24FNO3/c1-16(2)28-20-11-7-18(8-12-20)22(17-5-9-19(24)10-6-17)14-23(26)25-15-21-4-3-13-27-21/h3-13,16,22H,14-15H2,1-2H3,(H,25,26)/t22-/m1/s1. The summed E-state index contributed by atoms with van der Waals surface area (Å²) in [5.41, 5.74) is 1.85. The van der Waals surface area contributed by atoms with Gasteiger partial charge in [-0.3, -0.25) is 4.79 Å². The van der Waals surface area contributed by atoms with Gasteiger partial charge in [0.2, 0.25) is 5.91 Å². The van der Waals surface area contributed by atoms with Crippen molar-refractivity contribution in [3.8, 4) is 5.75 Å². The molecule has 0 bridgehead atoms. The predicted octanol–water partition coefficient (Wildman–Crippen LogP) is 5.04. The molecule has 1 amide bonds. The lowest BCUT2D eigenvalue weighted by Gasteiger charge is -2.19. The first-order valence-electron chi connectivity index (χ1n) is 9.32. The van der Waals surface area contributed by atoms with Crippen LogP contribution >= 0.6 is 0 Å². The topological polar surface area (TPSA) is 51.5 Å². The van der Waals surface area contributed by atoms with Crippen molar-refractivity contribution in [3.63, 3.8) is 0 Å². The number of halogens is 1. The highest BCUT2D eigenvalue weighted by Crippen LogP contribution is 2.30. The summed E-state index contributed by atoms with van der Waals surface area (Å²) in [4.78, 5) is 12.5. The monoisotopic (exact) mass is 381 g/mol. The molecule has 28 heavy (non-hydrogen) atoms. The number of rotatable bonds is 8. The Bertz CT molecular complexity index is 871. The number of carbonyl (C=O) groups excluding carboxylic acids is 1. The van der Waals surface area contributed by atoms with Gasteiger partial charge < -0.3 is 14.5 Å². The average molecular weight is 381 g/mol. The fourth-order valence-electron chi connectivity index (χ4n) is 3.03.